The molecule has 2 heterocycles. The number of ether oxygens (including phenoxy) is 1. The van der Waals surface area contributed by atoms with E-state index in [-0.39, 0.29) is 53.4 Å². The zero-order valence-corrected chi connectivity index (χ0v) is 16.1. The number of nitrogens with zero attached hydrogens (tertiary/aromatic N) is 5. The van der Waals surface area contributed by atoms with Crippen molar-refractivity contribution in [1.29, 1.82) is 0 Å². The molecule has 0 bridgehead atoms. The molecular weight excluding hydrogens is 433 g/mol. The minimum atomic E-state index is -1.05. The number of aliphatic carboxylic acids is 1. The first-order chi connectivity index (χ1) is 13.3. The Morgan fingerprint density at radius 1 is 1.31 bits per heavy atom. The number of carboxylic acids is 1. The second-order valence-electron chi connectivity index (χ2n) is 5.71. The fourth-order valence-electron chi connectivity index (χ4n) is 2.26. The molecule has 0 radical (unpaired) electrons. The summed E-state index contributed by atoms with van der Waals surface area (Å²) in [5.74, 6) is -2.96. The number of pyridine rings is 1. The number of tetrazole rings is 1. The minimum absolute atomic E-state index is 0. The summed E-state index contributed by atoms with van der Waals surface area (Å²) in [5, 5.41) is 20.2. The molecule has 154 valence electrons. The van der Waals surface area contributed by atoms with Crippen molar-refractivity contribution in [3.8, 4) is 23.0 Å². The Morgan fingerprint density at radius 2 is 2.07 bits per heavy atom. The fourth-order valence-corrected chi connectivity index (χ4v) is 2.40. The van der Waals surface area contributed by atoms with Crippen LogP contribution in [0.2, 0.25) is 5.02 Å². The second-order valence-corrected chi connectivity index (χ2v) is 6.15. The van der Waals surface area contributed by atoms with Crippen molar-refractivity contribution >= 4 is 30.0 Å². The molecule has 0 fully saturated rings. The van der Waals surface area contributed by atoms with Gasteiger partial charge in [-0.25, -0.2) is 13.8 Å². The first-order valence-electron chi connectivity index (χ1n) is 7.86. The van der Waals surface area contributed by atoms with E-state index in [9.17, 15) is 13.6 Å². The molecule has 0 aliphatic heterocycles. The van der Waals surface area contributed by atoms with Gasteiger partial charge in [0.15, 0.2) is 5.82 Å². The highest BCUT2D eigenvalue weighted by atomic mass is 35.5. The maximum atomic E-state index is 14.4. The van der Waals surface area contributed by atoms with Gasteiger partial charge < -0.3 is 15.6 Å². The monoisotopic (exact) mass is 446 g/mol. The molecule has 13 heteroatoms. The summed E-state index contributed by atoms with van der Waals surface area (Å²) >= 11 is 5.62. The molecule has 0 unspecified atom stereocenters. The van der Waals surface area contributed by atoms with E-state index in [2.05, 4.69) is 20.4 Å². The third kappa shape index (κ3) is 5.79. The van der Waals surface area contributed by atoms with Gasteiger partial charge in [0.05, 0.1) is 23.6 Å². The average molecular weight is 447 g/mol. The number of hydrogen-bond donors (Lipinski definition) is 2. The molecule has 3 rings (SSSR count). The first-order valence-corrected chi connectivity index (χ1v) is 8.23. The summed E-state index contributed by atoms with van der Waals surface area (Å²) in [5.41, 5.74) is 5.68. The normalized spacial score (nSPS) is 11.6. The topological polar surface area (TPSA) is 129 Å². The number of aromatic nitrogens is 5. The number of halogens is 4. The molecule has 3 aromatic rings. The standard InChI is InChI=1S/C16H13ClF2N6O3.ClH/c17-8-3-13(19)16(21-6-8)28-10-1-2-11(12(18)5-10)15-22-24-25(23-15)7-9(20)4-14(26)27;/h1-3,5-6,9H,4,7,20H2,(H,26,27);1H/t9-;/m0./s1. The summed E-state index contributed by atoms with van der Waals surface area (Å²) in [7, 11) is 0. The van der Waals surface area contributed by atoms with Crippen LogP contribution in [0.4, 0.5) is 8.78 Å². The Balaban J connectivity index is 0.00000300. The largest absolute Gasteiger partial charge is 0.481 e. The molecule has 0 saturated heterocycles. The van der Waals surface area contributed by atoms with E-state index < -0.39 is 23.6 Å². The molecule has 1 aromatic carbocycles. The van der Waals surface area contributed by atoms with Crippen molar-refractivity contribution < 1.29 is 23.4 Å². The number of carboxylic acid groups (broad SMARTS) is 1. The summed E-state index contributed by atoms with van der Waals surface area (Å²) in [6, 6.07) is 4.03. The second kappa shape index (κ2) is 9.54. The van der Waals surface area contributed by atoms with E-state index in [1.54, 1.807) is 0 Å². The van der Waals surface area contributed by atoms with E-state index in [0.717, 1.165) is 16.9 Å². The molecule has 0 saturated carbocycles. The Bertz CT molecular complexity index is 1020. The van der Waals surface area contributed by atoms with Gasteiger partial charge in [-0.3, -0.25) is 4.79 Å². The third-order valence-corrected chi connectivity index (χ3v) is 3.66. The molecule has 0 aliphatic carbocycles. The van der Waals surface area contributed by atoms with E-state index >= 15 is 0 Å². The van der Waals surface area contributed by atoms with Gasteiger partial charge in [-0.1, -0.05) is 11.6 Å². The van der Waals surface area contributed by atoms with Gasteiger partial charge in [0.1, 0.15) is 11.6 Å². The van der Waals surface area contributed by atoms with Crippen LogP contribution in [-0.2, 0) is 11.3 Å². The summed E-state index contributed by atoms with van der Waals surface area (Å²) in [4.78, 5) is 15.4. The van der Waals surface area contributed by atoms with Crippen molar-refractivity contribution in [1.82, 2.24) is 25.2 Å². The number of rotatable bonds is 7. The van der Waals surface area contributed by atoms with Gasteiger partial charge in [0.25, 0.3) is 5.88 Å². The quantitative estimate of drug-likeness (QED) is 0.566. The molecule has 0 amide bonds. The van der Waals surface area contributed by atoms with E-state index in [1.807, 2.05) is 0 Å². The number of nitrogens with two attached hydrogens (primary N) is 1. The number of hydrogen-bond acceptors (Lipinski definition) is 7. The lowest BCUT2D eigenvalue weighted by Gasteiger charge is -2.07. The summed E-state index contributed by atoms with van der Waals surface area (Å²) in [6.07, 6.45) is 0.925. The van der Waals surface area contributed by atoms with Crippen molar-refractivity contribution in [3.05, 3.63) is 47.1 Å². The van der Waals surface area contributed by atoms with E-state index in [1.165, 1.54) is 18.3 Å². The third-order valence-electron chi connectivity index (χ3n) is 3.46. The summed E-state index contributed by atoms with van der Waals surface area (Å²) < 4.78 is 33.3. The minimum Gasteiger partial charge on any atom is -0.481 e. The lowest BCUT2D eigenvalue weighted by Crippen LogP contribution is -2.30. The van der Waals surface area contributed by atoms with Gasteiger partial charge in [0, 0.05) is 18.3 Å². The zero-order chi connectivity index (χ0) is 20.3. The van der Waals surface area contributed by atoms with Crippen LogP contribution in [0.1, 0.15) is 6.42 Å². The maximum absolute atomic E-state index is 14.4. The van der Waals surface area contributed by atoms with Crippen molar-refractivity contribution in [2.75, 3.05) is 0 Å². The van der Waals surface area contributed by atoms with Crippen LogP contribution < -0.4 is 10.5 Å². The number of benzene rings is 1. The Kier molecular flexibility index (Phi) is 7.37. The Morgan fingerprint density at radius 3 is 2.72 bits per heavy atom. The molecule has 0 spiro atoms. The zero-order valence-electron chi connectivity index (χ0n) is 14.5. The highest BCUT2D eigenvalue weighted by Gasteiger charge is 2.16. The van der Waals surface area contributed by atoms with Crippen molar-refractivity contribution in [3.63, 3.8) is 0 Å². The highest BCUT2D eigenvalue weighted by molar-refractivity contribution is 6.30. The van der Waals surface area contributed by atoms with Crippen LogP contribution in [0, 0.1) is 11.6 Å². The smallest absolute Gasteiger partial charge is 0.304 e. The predicted molar refractivity (Wildman–Crippen MR) is 100.0 cm³/mol. The van der Waals surface area contributed by atoms with Gasteiger partial charge >= 0.3 is 5.97 Å². The fraction of sp³-hybridized carbons (Fsp3) is 0.188. The Hall–Kier alpha value is -2.89. The first kappa shape index (κ1) is 22.4. The Labute approximate surface area is 173 Å². The van der Waals surface area contributed by atoms with Crippen LogP contribution in [0.15, 0.2) is 30.5 Å². The lowest BCUT2D eigenvalue weighted by atomic mass is 10.2. The summed E-state index contributed by atoms with van der Waals surface area (Å²) in [6.45, 7) is 0.00360. The highest BCUT2D eigenvalue weighted by Crippen LogP contribution is 2.28. The molecule has 9 nitrogen and oxygen atoms in total. The van der Waals surface area contributed by atoms with E-state index in [0.29, 0.717) is 0 Å². The van der Waals surface area contributed by atoms with Crippen molar-refractivity contribution in [2.24, 2.45) is 5.73 Å². The molecular formula is C16H14Cl2F2N6O3. The molecule has 29 heavy (non-hydrogen) atoms. The molecule has 0 aliphatic rings. The van der Waals surface area contributed by atoms with Gasteiger partial charge in [0.2, 0.25) is 5.82 Å². The van der Waals surface area contributed by atoms with Gasteiger partial charge in [-0.05, 0) is 23.4 Å². The molecule has 2 aromatic heterocycles. The van der Waals surface area contributed by atoms with Crippen LogP contribution in [-0.4, -0.2) is 42.3 Å². The van der Waals surface area contributed by atoms with Crippen LogP contribution in [0.3, 0.4) is 0 Å². The van der Waals surface area contributed by atoms with Crippen molar-refractivity contribution in [2.45, 2.75) is 19.0 Å². The average Bonchev–Trinajstić information content (AvgIpc) is 3.04. The van der Waals surface area contributed by atoms with Crippen LogP contribution >= 0.6 is 24.0 Å². The SMILES string of the molecule is Cl.N[C@@H](CC(=O)O)Cn1nnc(-c2ccc(Oc3ncc(Cl)cc3F)cc2F)n1. The predicted octanol–water partition coefficient (Wildman–Crippen LogP) is 2.68. The lowest BCUT2D eigenvalue weighted by molar-refractivity contribution is -0.137. The molecule has 3 N–H and O–H groups in total. The van der Waals surface area contributed by atoms with Gasteiger partial charge in [-0.15, -0.1) is 22.6 Å². The number of carbonyl (C=O) groups is 1. The van der Waals surface area contributed by atoms with Crippen LogP contribution in [0.25, 0.3) is 11.4 Å². The molecule has 1 atom stereocenters. The van der Waals surface area contributed by atoms with Gasteiger partial charge in [-0.2, -0.15) is 4.80 Å². The van der Waals surface area contributed by atoms with Crippen LogP contribution in [0.5, 0.6) is 11.6 Å². The van der Waals surface area contributed by atoms with E-state index in [4.69, 9.17) is 27.2 Å². The maximum Gasteiger partial charge on any atom is 0.304 e.